The average Bonchev–Trinajstić information content (AvgIpc) is 2.37. The van der Waals surface area contributed by atoms with E-state index in [1.54, 1.807) is 17.3 Å². The van der Waals surface area contributed by atoms with Gasteiger partial charge in [-0.1, -0.05) is 0 Å². The number of nitrogens with zero attached hydrogens (tertiary/aromatic N) is 2. The largest absolute Gasteiger partial charge is 0.481 e. The lowest BCUT2D eigenvalue weighted by molar-refractivity contribution is -0.151. The van der Waals surface area contributed by atoms with Crippen molar-refractivity contribution in [2.75, 3.05) is 6.54 Å². The van der Waals surface area contributed by atoms with Gasteiger partial charge in [0.25, 0.3) is 0 Å². The Bertz CT molecular complexity index is 504. The zero-order valence-corrected chi connectivity index (χ0v) is 12.1. The number of aromatic nitrogens is 1. The van der Waals surface area contributed by atoms with E-state index in [1.165, 1.54) is 0 Å². The second kappa shape index (κ2) is 5.69. The first kappa shape index (κ1) is 14.0. The molecule has 1 aliphatic heterocycles. The highest BCUT2D eigenvalue weighted by Gasteiger charge is 2.40. The molecule has 2 atom stereocenters. The third kappa shape index (κ3) is 2.78. The Kier molecular flexibility index (Phi) is 4.19. The van der Waals surface area contributed by atoms with Gasteiger partial charge in [0.2, 0.25) is 5.91 Å². The first-order valence-electron chi connectivity index (χ1n) is 6.17. The highest BCUT2D eigenvalue weighted by Crippen LogP contribution is 2.37. The molecule has 0 spiro atoms. The second-order valence-electron chi connectivity index (χ2n) is 4.54. The third-order valence-electron chi connectivity index (χ3n) is 3.43. The van der Waals surface area contributed by atoms with Crippen molar-refractivity contribution in [1.82, 2.24) is 9.88 Å². The fraction of sp³-hybridized carbons (Fsp3) is 0.462. The van der Waals surface area contributed by atoms with Crippen molar-refractivity contribution in [2.45, 2.75) is 25.8 Å². The molecule has 2 heterocycles. The second-order valence-corrected chi connectivity index (χ2v) is 5.46. The number of carbonyl (C=O) groups excluding carboxylic acids is 1. The molecule has 5 nitrogen and oxygen atoms in total. The molecule has 2 rings (SSSR count). The smallest absolute Gasteiger partial charge is 0.308 e. The number of piperidine rings is 1. The molecule has 19 heavy (non-hydrogen) atoms. The van der Waals surface area contributed by atoms with Gasteiger partial charge in [0.15, 0.2) is 0 Å². The average molecular weight is 327 g/mol. The number of carboxylic acid groups (broad SMARTS) is 1. The van der Waals surface area contributed by atoms with Crippen LogP contribution in [0.25, 0.3) is 0 Å². The quantitative estimate of drug-likeness (QED) is 0.924. The van der Waals surface area contributed by atoms with Gasteiger partial charge in [0.05, 0.1) is 12.0 Å². The molecule has 1 aromatic rings. The summed E-state index contributed by atoms with van der Waals surface area (Å²) in [7, 11) is 0. The molecule has 1 amide bonds. The Hall–Kier alpha value is -1.43. The molecule has 2 unspecified atom stereocenters. The van der Waals surface area contributed by atoms with Crippen LogP contribution in [0.5, 0.6) is 0 Å². The fourth-order valence-electron chi connectivity index (χ4n) is 2.59. The summed E-state index contributed by atoms with van der Waals surface area (Å²) in [5, 5.41) is 9.37. The van der Waals surface area contributed by atoms with E-state index < -0.39 is 17.9 Å². The molecule has 0 aromatic carbocycles. The minimum absolute atomic E-state index is 0.00461. The molecule has 1 aromatic heterocycles. The number of carboxylic acids is 1. The highest BCUT2D eigenvalue weighted by molar-refractivity contribution is 9.10. The maximum absolute atomic E-state index is 12.0. The topological polar surface area (TPSA) is 70.5 Å². The molecule has 1 saturated heterocycles. The number of carbonyl (C=O) groups is 2. The summed E-state index contributed by atoms with van der Waals surface area (Å²) in [6.45, 7) is 2.36. The maximum atomic E-state index is 12.0. The number of pyridine rings is 1. The van der Waals surface area contributed by atoms with Gasteiger partial charge in [-0.3, -0.25) is 14.6 Å². The number of hydrogen-bond donors (Lipinski definition) is 1. The van der Waals surface area contributed by atoms with Gasteiger partial charge in [-0.2, -0.15) is 0 Å². The predicted octanol–water partition coefficient (Wildman–Crippen LogP) is 2.23. The normalized spacial score (nSPS) is 23.5. The minimum Gasteiger partial charge on any atom is -0.481 e. The van der Waals surface area contributed by atoms with E-state index in [0.29, 0.717) is 19.4 Å². The summed E-state index contributed by atoms with van der Waals surface area (Å²) < 4.78 is 0.781. The highest BCUT2D eigenvalue weighted by atomic mass is 79.9. The third-order valence-corrected chi connectivity index (χ3v) is 3.87. The number of hydrogen-bond acceptors (Lipinski definition) is 3. The van der Waals surface area contributed by atoms with Gasteiger partial charge in [-0.05, 0) is 40.9 Å². The van der Waals surface area contributed by atoms with Crippen molar-refractivity contribution in [3.8, 4) is 0 Å². The molecule has 0 saturated carbocycles. The zero-order valence-electron chi connectivity index (χ0n) is 10.5. The molecule has 1 N–H and O–H groups in total. The standard InChI is InChI=1S/C13H15BrN2O3/c1-2-16-11(17)4-3-10(13(18)19)12(16)8-5-9(14)7-15-6-8/h5-7,10,12H,2-4H2,1H3,(H,18,19). The Balaban J connectivity index is 2.44. The lowest BCUT2D eigenvalue weighted by Crippen LogP contribution is -2.45. The van der Waals surface area contributed by atoms with Crippen molar-refractivity contribution in [2.24, 2.45) is 5.92 Å². The van der Waals surface area contributed by atoms with E-state index in [4.69, 9.17) is 0 Å². The Morgan fingerprint density at radius 2 is 2.32 bits per heavy atom. The van der Waals surface area contributed by atoms with Crippen molar-refractivity contribution in [1.29, 1.82) is 0 Å². The summed E-state index contributed by atoms with van der Waals surface area (Å²) in [6.07, 6.45) is 3.94. The van der Waals surface area contributed by atoms with Crippen LogP contribution in [0.1, 0.15) is 31.4 Å². The van der Waals surface area contributed by atoms with E-state index in [-0.39, 0.29) is 5.91 Å². The van der Waals surface area contributed by atoms with Crippen LogP contribution in [0, 0.1) is 5.92 Å². The van der Waals surface area contributed by atoms with E-state index >= 15 is 0 Å². The lowest BCUT2D eigenvalue weighted by atomic mass is 9.85. The SMILES string of the molecule is CCN1C(=O)CCC(C(=O)O)C1c1cncc(Br)c1. The minimum atomic E-state index is -0.865. The van der Waals surface area contributed by atoms with Crippen LogP contribution < -0.4 is 0 Å². The summed E-state index contributed by atoms with van der Waals surface area (Å²) >= 11 is 3.33. The predicted molar refractivity (Wildman–Crippen MR) is 72.4 cm³/mol. The molecule has 0 bridgehead atoms. The van der Waals surface area contributed by atoms with E-state index in [0.717, 1.165) is 10.0 Å². The molecule has 0 aliphatic carbocycles. The number of rotatable bonds is 3. The van der Waals surface area contributed by atoms with Gasteiger partial charge in [-0.25, -0.2) is 0 Å². The van der Waals surface area contributed by atoms with Crippen molar-refractivity contribution in [3.05, 3.63) is 28.5 Å². The maximum Gasteiger partial charge on any atom is 0.308 e. The van der Waals surface area contributed by atoms with E-state index in [9.17, 15) is 14.7 Å². The zero-order chi connectivity index (χ0) is 14.0. The van der Waals surface area contributed by atoms with Crippen LogP contribution in [0.4, 0.5) is 0 Å². The molecular weight excluding hydrogens is 312 g/mol. The molecule has 6 heteroatoms. The van der Waals surface area contributed by atoms with Crippen LogP contribution >= 0.6 is 15.9 Å². The Morgan fingerprint density at radius 3 is 2.89 bits per heavy atom. The summed E-state index contributed by atoms with van der Waals surface area (Å²) in [6, 6.07) is 1.39. The van der Waals surface area contributed by atoms with E-state index in [1.807, 2.05) is 13.0 Å². The summed E-state index contributed by atoms with van der Waals surface area (Å²) in [4.78, 5) is 29.1. The van der Waals surface area contributed by atoms with Crippen molar-refractivity contribution >= 4 is 27.8 Å². The number of amides is 1. The lowest BCUT2D eigenvalue weighted by Gasteiger charge is -2.39. The number of halogens is 1. The fourth-order valence-corrected chi connectivity index (χ4v) is 2.97. The van der Waals surface area contributed by atoms with Crippen LogP contribution in [-0.4, -0.2) is 33.4 Å². The van der Waals surface area contributed by atoms with Crippen molar-refractivity contribution < 1.29 is 14.7 Å². The van der Waals surface area contributed by atoms with Gasteiger partial charge in [0, 0.05) is 29.8 Å². The number of likely N-dealkylation sites (tertiary alicyclic amines) is 1. The summed E-state index contributed by atoms with van der Waals surface area (Å²) in [5.74, 6) is -1.44. The molecule has 0 radical (unpaired) electrons. The number of aliphatic carboxylic acids is 1. The van der Waals surface area contributed by atoms with Crippen LogP contribution in [0.3, 0.4) is 0 Å². The first-order chi connectivity index (χ1) is 9.04. The van der Waals surface area contributed by atoms with Crippen molar-refractivity contribution in [3.63, 3.8) is 0 Å². The van der Waals surface area contributed by atoms with Gasteiger partial charge < -0.3 is 10.0 Å². The van der Waals surface area contributed by atoms with Gasteiger partial charge >= 0.3 is 5.97 Å². The molecular formula is C13H15BrN2O3. The Labute approximate surface area is 119 Å². The van der Waals surface area contributed by atoms with Gasteiger partial charge in [0.1, 0.15) is 0 Å². The molecule has 102 valence electrons. The van der Waals surface area contributed by atoms with Crippen LogP contribution in [0.2, 0.25) is 0 Å². The molecule has 1 fully saturated rings. The Morgan fingerprint density at radius 1 is 1.58 bits per heavy atom. The molecule has 1 aliphatic rings. The monoisotopic (exact) mass is 326 g/mol. The first-order valence-corrected chi connectivity index (χ1v) is 6.96. The van der Waals surface area contributed by atoms with Crippen LogP contribution in [-0.2, 0) is 9.59 Å². The van der Waals surface area contributed by atoms with E-state index in [2.05, 4.69) is 20.9 Å². The van der Waals surface area contributed by atoms with Gasteiger partial charge in [-0.15, -0.1) is 0 Å². The summed E-state index contributed by atoms with van der Waals surface area (Å²) in [5.41, 5.74) is 0.761. The van der Waals surface area contributed by atoms with Crippen LogP contribution in [0.15, 0.2) is 22.9 Å².